The minimum absolute atomic E-state index is 0.0218. The van der Waals surface area contributed by atoms with Gasteiger partial charge in [-0.05, 0) is 26.3 Å². The average Bonchev–Trinajstić information content (AvgIpc) is 2.96. The largest absolute Gasteiger partial charge is 0.452 e. The lowest BCUT2D eigenvalue weighted by Crippen LogP contribution is -2.40. The van der Waals surface area contributed by atoms with E-state index < -0.39 is 15.8 Å². The molecule has 0 radical (unpaired) electrons. The van der Waals surface area contributed by atoms with Crippen molar-refractivity contribution < 1.29 is 22.7 Å². The van der Waals surface area contributed by atoms with Crippen LogP contribution in [0.15, 0.2) is 6.07 Å². The maximum absolute atomic E-state index is 12.0. The van der Waals surface area contributed by atoms with Crippen LogP contribution >= 0.6 is 11.3 Å². The number of thiophene rings is 1. The summed E-state index contributed by atoms with van der Waals surface area (Å²) >= 11 is 1.50. The maximum Gasteiger partial charge on any atom is 0.339 e. The van der Waals surface area contributed by atoms with Crippen molar-refractivity contribution in [2.45, 2.75) is 26.3 Å². The third-order valence-electron chi connectivity index (χ3n) is 3.74. The molecule has 8 heteroatoms. The molecule has 1 aliphatic heterocycles. The molecule has 0 unspecified atom stereocenters. The van der Waals surface area contributed by atoms with Crippen molar-refractivity contribution >= 4 is 33.1 Å². The molecule has 1 aromatic rings. The number of likely N-dealkylation sites (N-methyl/N-ethyl adjacent to an activating group) is 1. The second-order valence-electron chi connectivity index (χ2n) is 5.46. The van der Waals surface area contributed by atoms with Crippen molar-refractivity contribution in [3.63, 3.8) is 0 Å². The number of carbonyl (C=O) groups is 2. The molecule has 2 heterocycles. The van der Waals surface area contributed by atoms with Crippen molar-refractivity contribution in [1.29, 1.82) is 0 Å². The molecule has 122 valence electrons. The van der Waals surface area contributed by atoms with Gasteiger partial charge in [-0.15, -0.1) is 11.3 Å². The Kier molecular flexibility index (Phi) is 4.91. The Morgan fingerprint density at radius 2 is 2.09 bits per heavy atom. The Morgan fingerprint density at radius 1 is 1.41 bits per heavy atom. The predicted molar refractivity (Wildman–Crippen MR) is 83.9 cm³/mol. The van der Waals surface area contributed by atoms with Gasteiger partial charge in [0.25, 0.3) is 5.91 Å². The summed E-state index contributed by atoms with van der Waals surface area (Å²) in [5.41, 5.74) is 0.474. The zero-order chi connectivity index (χ0) is 16.5. The highest BCUT2D eigenvalue weighted by molar-refractivity contribution is 7.91. The van der Waals surface area contributed by atoms with Crippen molar-refractivity contribution in [1.82, 2.24) is 4.90 Å². The normalized spacial score (nSPS) is 19.9. The van der Waals surface area contributed by atoms with Gasteiger partial charge in [0.15, 0.2) is 16.4 Å². The lowest BCUT2D eigenvalue weighted by molar-refractivity contribution is -0.134. The average molecular weight is 345 g/mol. The van der Waals surface area contributed by atoms with Gasteiger partial charge < -0.3 is 9.64 Å². The fourth-order valence-corrected chi connectivity index (χ4v) is 5.11. The van der Waals surface area contributed by atoms with Crippen LogP contribution in [0.1, 0.15) is 26.5 Å². The van der Waals surface area contributed by atoms with Crippen LogP contribution in [-0.4, -0.2) is 56.4 Å². The van der Waals surface area contributed by atoms with Crippen LogP contribution in [0.4, 0.5) is 0 Å². The van der Waals surface area contributed by atoms with Crippen LogP contribution in [-0.2, 0) is 19.4 Å². The second-order valence-corrected chi connectivity index (χ2v) is 9.15. The Hall–Kier alpha value is -1.41. The predicted octanol–water partition coefficient (Wildman–Crippen LogP) is 1.17. The van der Waals surface area contributed by atoms with E-state index >= 15 is 0 Å². The van der Waals surface area contributed by atoms with E-state index in [4.69, 9.17) is 4.74 Å². The van der Waals surface area contributed by atoms with Gasteiger partial charge in [0, 0.05) is 22.8 Å². The molecule has 1 aliphatic rings. The number of ether oxygens (including phenoxy) is 1. The summed E-state index contributed by atoms with van der Waals surface area (Å²) in [5, 5.41) is 0. The number of nitrogens with zero attached hydrogens (tertiary/aromatic N) is 1. The molecule has 1 aromatic heterocycles. The summed E-state index contributed by atoms with van der Waals surface area (Å²) in [5.74, 6) is -0.836. The molecule has 0 N–H and O–H groups in total. The molecule has 0 bridgehead atoms. The molecule has 0 spiro atoms. The van der Waals surface area contributed by atoms with Crippen LogP contribution < -0.4 is 0 Å². The zero-order valence-corrected chi connectivity index (χ0v) is 14.4. The zero-order valence-electron chi connectivity index (χ0n) is 12.8. The smallest absolute Gasteiger partial charge is 0.339 e. The maximum atomic E-state index is 12.0. The molecule has 1 fully saturated rings. The molecule has 0 aromatic carbocycles. The van der Waals surface area contributed by atoms with Crippen molar-refractivity contribution in [2.75, 3.05) is 25.2 Å². The van der Waals surface area contributed by atoms with E-state index in [0.29, 0.717) is 12.0 Å². The molecule has 1 atom stereocenters. The van der Waals surface area contributed by atoms with E-state index in [2.05, 4.69) is 0 Å². The van der Waals surface area contributed by atoms with Gasteiger partial charge in [-0.25, -0.2) is 13.2 Å². The highest BCUT2D eigenvalue weighted by atomic mass is 32.2. The van der Waals surface area contributed by atoms with Crippen LogP contribution in [0.2, 0.25) is 0 Å². The topological polar surface area (TPSA) is 80.8 Å². The summed E-state index contributed by atoms with van der Waals surface area (Å²) in [6.45, 7) is 3.35. The third kappa shape index (κ3) is 3.86. The fraction of sp³-hybridized carbons (Fsp3) is 0.571. The molecule has 1 amide bonds. The van der Waals surface area contributed by atoms with E-state index in [1.807, 2.05) is 13.8 Å². The molecule has 22 heavy (non-hydrogen) atoms. The summed E-state index contributed by atoms with van der Waals surface area (Å²) < 4.78 is 27.9. The van der Waals surface area contributed by atoms with E-state index in [1.54, 1.807) is 13.1 Å². The summed E-state index contributed by atoms with van der Waals surface area (Å²) in [4.78, 5) is 27.2. The fourth-order valence-electron chi connectivity index (χ4n) is 2.42. The van der Waals surface area contributed by atoms with Gasteiger partial charge >= 0.3 is 5.97 Å². The number of carbonyl (C=O) groups excluding carboxylic acids is 2. The van der Waals surface area contributed by atoms with Crippen LogP contribution in [0.25, 0.3) is 0 Å². The Labute approximate surface area is 134 Å². The molecular weight excluding hydrogens is 326 g/mol. The van der Waals surface area contributed by atoms with Crippen LogP contribution in [0.3, 0.4) is 0 Å². The first-order valence-corrected chi connectivity index (χ1v) is 9.53. The quantitative estimate of drug-likeness (QED) is 0.765. The highest BCUT2D eigenvalue weighted by Crippen LogP contribution is 2.21. The Balaban J connectivity index is 1.90. The van der Waals surface area contributed by atoms with Gasteiger partial charge in [0.05, 0.1) is 17.1 Å². The second kappa shape index (κ2) is 6.37. The Morgan fingerprint density at radius 3 is 2.59 bits per heavy atom. The minimum atomic E-state index is -3.05. The van der Waals surface area contributed by atoms with Crippen LogP contribution in [0.5, 0.6) is 0 Å². The first-order chi connectivity index (χ1) is 10.2. The SMILES string of the molecule is Cc1cc(C(=O)OCC(=O)N(C)[C@@H]2CCS(=O)(=O)C2)c(C)s1. The first kappa shape index (κ1) is 17.0. The minimum Gasteiger partial charge on any atom is -0.452 e. The van der Waals surface area contributed by atoms with E-state index in [1.165, 1.54) is 16.2 Å². The summed E-state index contributed by atoms with van der Waals surface area (Å²) in [6.07, 6.45) is 0.432. The lowest BCUT2D eigenvalue weighted by Gasteiger charge is -2.23. The van der Waals surface area contributed by atoms with Crippen molar-refractivity contribution in [3.05, 3.63) is 21.4 Å². The van der Waals surface area contributed by atoms with Crippen molar-refractivity contribution in [3.8, 4) is 0 Å². The molecular formula is C14H19NO5S2. The van der Waals surface area contributed by atoms with E-state index in [9.17, 15) is 18.0 Å². The third-order valence-corrected chi connectivity index (χ3v) is 6.45. The summed E-state index contributed by atoms with van der Waals surface area (Å²) in [6, 6.07) is 1.40. The first-order valence-electron chi connectivity index (χ1n) is 6.90. The van der Waals surface area contributed by atoms with Gasteiger partial charge in [0.2, 0.25) is 0 Å². The molecule has 0 saturated carbocycles. The number of hydrogen-bond acceptors (Lipinski definition) is 6. The number of rotatable bonds is 4. The van der Waals surface area contributed by atoms with Gasteiger partial charge in [-0.3, -0.25) is 4.79 Å². The Bertz CT molecular complexity index is 692. The number of sulfone groups is 1. The molecule has 1 saturated heterocycles. The van der Waals surface area contributed by atoms with Gasteiger partial charge in [-0.2, -0.15) is 0 Å². The van der Waals surface area contributed by atoms with Crippen molar-refractivity contribution in [2.24, 2.45) is 0 Å². The van der Waals surface area contributed by atoms with E-state index in [0.717, 1.165) is 9.75 Å². The number of hydrogen-bond donors (Lipinski definition) is 0. The van der Waals surface area contributed by atoms with E-state index in [-0.39, 0.29) is 30.1 Å². The lowest BCUT2D eigenvalue weighted by atomic mass is 10.2. The molecule has 6 nitrogen and oxygen atoms in total. The van der Waals surface area contributed by atoms with Gasteiger partial charge in [0.1, 0.15) is 0 Å². The highest BCUT2D eigenvalue weighted by Gasteiger charge is 2.33. The number of aryl methyl sites for hydroxylation is 2. The number of esters is 1. The standard InChI is InChI=1S/C14H19NO5S2/c1-9-6-12(10(2)21-9)14(17)20-7-13(16)15(3)11-4-5-22(18,19)8-11/h6,11H,4-5,7-8H2,1-3H3/t11-/m1/s1. The summed E-state index contributed by atoms with van der Waals surface area (Å²) in [7, 11) is -1.51. The van der Waals surface area contributed by atoms with Gasteiger partial charge in [-0.1, -0.05) is 0 Å². The number of amides is 1. The monoisotopic (exact) mass is 345 g/mol. The molecule has 2 rings (SSSR count). The van der Waals surface area contributed by atoms with Crippen LogP contribution in [0, 0.1) is 13.8 Å². The molecule has 0 aliphatic carbocycles.